The molecule has 1 aromatic carbocycles. The molecular formula is C10H13STe+. The molecule has 1 saturated heterocycles. The predicted octanol–water partition coefficient (Wildman–Crippen LogP) is 2.22. The molecule has 1 aliphatic rings. The molecule has 0 atom stereocenters. The van der Waals surface area contributed by atoms with Crippen LogP contribution in [0.2, 0.25) is 8.94 Å². The second-order valence-corrected chi connectivity index (χ2v) is 8.60. The van der Waals surface area contributed by atoms with E-state index in [1.54, 1.807) is 13.8 Å². The Bertz CT molecular complexity index is 229. The molecule has 0 unspecified atom stereocenters. The molecule has 0 nitrogen and oxygen atoms in total. The molecule has 1 heterocycles. The van der Waals surface area contributed by atoms with Crippen molar-refractivity contribution in [1.29, 1.82) is 0 Å². The van der Waals surface area contributed by atoms with Crippen molar-refractivity contribution in [3.05, 3.63) is 30.3 Å². The summed E-state index contributed by atoms with van der Waals surface area (Å²) in [5.74, 6) is 2.98. The van der Waals surface area contributed by atoms with Crippen LogP contribution in [0.5, 0.6) is 0 Å². The second-order valence-electron chi connectivity index (χ2n) is 2.83. The number of hydrogen-bond acceptors (Lipinski definition) is 0. The van der Waals surface area contributed by atoms with E-state index in [1.807, 2.05) is 0 Å². The first-order valence-electron chi connectivity index (χ1n) is 4.27. The Kier molecular flexibility index (Phi) is 3.39. The summed E-state index contributed by atoms with van der Waals surface area (Å²) in [6.07, 6.45) is 0. The van der Waals surface area contributed by atoms with Crippen molar-refractivity contribution in [2.24, 2.45) is 0 Å². The molecule has 0 saturated carbocycles. The van der Waals surface area contributed by atoms with Crippen LogP contribution >= 0.6 is 0 Å². The zero-order valence-corrected chi connectivity index (χ0v) is 10.2. The molecule has 0 aliphatic carbocycles. The van der Waals surface area contributed by atoms with Gasteiger partial charge in [0.1, 0.15) is 0 Å². The fourth-order valence-corrected chi connectivity index (χ4v) is 9.27. The van der Waals surface area contributed by atoms with Gasteiger partial charge in [0.25, 0.3) is 0 Å². The topological polar surface area (TPSA) is 0 Å². The predicted molar refractivity (Wildman–Crippen MR) is 57.2 cm³/mol. The van der Waals surface area contributed by atoms with Crippen LogP contribution in [0.25, 0.3) is 0 Å². The minimum absolute atomic E-state index is 0.448. The summed E-state index contributed by atoms with van der Waals surface area (Å²) in [6.45, 7) is 0. The van der Waals surface area contributed by atoms with Crippen LogP contribution in [-0.2, 0) is 10.9 Å². The van der Waals surface area contributed by atoms with E-state index in [4.69, 9.17) is 0 Å². The fourth-order valence-electron chi connectivity index (χ4n) is 1.37. The van der Waals surface area contributed by atoms with Gasteiger partial charge in [0.15, 0.2) is 0 Å². The Balaban J connectivity index is 2.08. The molecule has 1 fully saturated rings. The Morgan fingerprint density at radius 3 is 2.33 bits per heavy atom. The number of rotatable bonds is 1. The molecule has 0 radical (unpaired) electrons. The Labute approximate surface area is 87.2 Å². The van der Waals surface area contributed by atoms with Gasteiger partial charge in [-0.15, -0.1) is 0 Å². The van der Waals surface area contributed by atoms with Crippen LogP contribution in [0.3, 0.4) is 0 Å². The van der Waals surface area contributed by atoms with Crippen molar-refractivity contribution in [3.63, 3.8) is 0 Å². The van der Waals surface area contributed by atoms with Gasteiger partial charge in [-0.2, -0.15) is 0 Å². The van der Waals surface area contributed by atoms with Crippen molar-refractivity contribution in [2.75, 3.05) is 11.5 Å². The van der Waals surface area contributed by atoms with E-state index in [2.05, 4.69) is 30.3 Å². The van der Waals surface area contributed by atoms with Gasteiger partial charge in [-0.3, -0.25) is 0 Å². The summed E-state index contributed by atoms with van der Waals surface area (Å²) in [4.78, 5) is 1.60. The quantitative estimate of drug-likeness (QED) is 0.550. The Morgan fingerprint density at radius 1 is 1.00 bits per heavy atom. The van der Waals surface area contributed by atoms with E-state index < -0.39 is 0 Å². The molecule has 2 heteroatoms. The molecule has 1 aromatic rings. The van der Waals surface area contributed by atoms with E-state index in [-0.39, 0.29) is 0 Å². The standard InChI is InChI=1S/C10H13STe/c1-2-4-10(5-3-1)11-6-8-12-9-7-11/h1-5H,6-9H2/q+1. The Morgan fingerprint density at radius 2 is 1.67 bits per heavy atom. The molecule has 12 heavy (non-hydrogen) atoms. The van der Waals surface area contributed by atoms with E-state index in [9.17, 15) is 0 Å². The normalized spacial score (nSPS) is 19.3. The summed E-state index contributed by atoms with van der Waals surface area (Å²) in [5, 5.41) is 0. The molecule has 0 N–H and O–H groups in total. The Hall–Kier alpha value is 0.360. The monoisotopic (exact) mass is 295 g/mol. The summed E-state index contributed by atoms with van der Waals surface area (Å²) < 4.78 is 3.14. The molecule has 0 spiro atoms. The average molecular weight is 293 g/mol. The van der Waals surface area contributed by atoms with E-state index in [1.165, 1.54) is 11.5 Å². The van der Waals surface area contributed by atoms with Gasteiger partial charge in [0.2, 0.25) is 0 Å². The van der Waals surface area contributed by atoms with Crippen LogP contribution in [0.1, 0.15) is 0 Å². The van der Waals surface area contributed by atoms with Gasteiger partial charge in [-0.1, -0.05) is 0 Å². The zero-order valence-electron chi connectivity index (χ0n) is 7.03. The first-order valence-corrected chi connectivity index (χ1v) is 9.13. The summed E-state index contributed by atoms with van der Waals surface area (Å²) in [5.41, 5.74) is 0. The molecule has 0 amide bonds. The maximum atomic E-state index is 2.30. The summed E-state index contributed by atoms with van der Waals surface area (Å²) in [6, 6.07) is 11.1. The third kappa shape index (κ3) is 2.19. The maximum absolute atomic E-state index is 2.30. The molecule has 64 valence electrons. The van der Waals surface area contributed by atoms with Gasteiger partial charge in [-0.05, 0) is 0 Å². The van der Waals surface area contributed by atoms with Crippen molar-refractivity contribution in [1.82, 2.24) is 0 Å². The van der Waals surface area contributed by atoms with Crippen molar-refractivity contribution >= 4 is 31.8 Å². The van der Waals surface area contributed by atoms with E-state index in [0.717, 1.165) is 0 Å². The first kappa shape index (κ1) is 8.94. The van der Waals surface area contributed by atoms with E-state index in [0.29, 0.717) is 31.8 Å². The van der Waals surface area contributed by atoms with E-state index >= 15 is 0 Å². The van der Waals surface area contributed by atoms with Crippen molar-refractivity contribution < 1.29 is 0 Å². The molecule has 0 bridgehead atoms. The van der Waals surface area contributed by atoms with Crippen molar-refractivity contribution in [3.8, 4) is 0 Å². The van der Waals surface area contributed by atoms with Gasteiger partial charge in [-0.25, -0.2) is 0 Å². The van der Waals surface area contributed by atoms with Gasteiger partial charge in [0, 0.05) is 0 Å². The van der Waals surface area contributed by atoms with Gasteiger partial charge >= 0.3 is 87.5 Å². The van der Waals surface area contributed by atoms with Crippen LogP contribution in [0.15, 0.2) is 35.2 Å². The second kappa shape index (κ2) is 4.56. The van der Waals surface area contributed by atoms with Crippen molar-refractivity contribution in [2.45, 2.75) is 13.8 Å². The average Bonchev–Trinajstić information content (AvgIpc) is 2.21. The summed E-state index contributed by atoms with van der Waals surface area (Å²) in [7, 11) is 0.624. The number of hydrogen-bond donors (Lipinski definition) is 0. The molecular weight excluding hydrogens is 280 g/mol. The van der Waals surface area contributed by atoms with Gasteiger partial charge in [0.05, 0.1) is 0 Å². The van der Waals surface area contributed by atoms with Crippen LogP contribution in [0, 0.1) is 0 Å². The third-order valence-corrected chi connectivity index (χ3v) is 8.78. The van der Waals surface area contributed by atoms with Crippen LogP contribution in [-0.4, -0.2) is 32.4 Å². The van der Waals surface area contributed by atoms with Gasteiger partial charge < -0.3 is 0 Å². The minimum atomic E-state index is 0.448. The SMILES string of the molecule is c1ccc([S+]2CC[Te]CC2)cc1. The molecule has 1 aliphatic heterocycles. The molecule has 0 aromatic heterocycles. The fraction of sp³-hybridized carbons (Fsp3) is 0.400. The summed E-state index contributed by atoms with van der Waals surface area (Å²) >= 11 is 0.448. The zero-order chi connectivity index (χ0) is 8.23. The van der Waals surface area contributed by atoms with Crippen LogP contribution in [0.4, 0.5) is 0 Å². The molecule has 2 rings (SSSR count). The third-order valence-electron chi connectivity index (χ3n) is 2.02. The number of benzene rings is 1. The first-order chi connectivity index (χ1) is 5.97. The van der Waals surface area contributed by atoms with Crippen LogP contribution < -0.4 is 0 Å².